The monoisotopic (exact) mass is 288 g/mol. The van der Waals surface area contributed by atoms with Crippen molar-refractivity contribution >= 4 is 46.7 Å². The molecule has 1 rings (SSSR count). The third-order valence-electron chi connectivity index (χ3n) is 1.73. The maximum Gasteiger partial charge on any atom is 0.374 e. The quantitative estimate of drug-likeness (QED) is 0.618. The standard InChI is InChI=1S/C8H7Cl3O5/c1-2-15-6(13)3-4(12)7(14)16-5(3)8(9,10)11/h5,12H,2H2,1H3. The van der Waals surface area contributed by atoms with Crippen LogP contribution in [0.1, 0.15) is 6.92 Å². The third-order valence-corrected chi connectivity index (χ3v) is 2.32. The average Bonchev–Trinajstić information content (AvgIpc) is 2.43. The second-order valence-electron chi connectivity index (χ2n) is 2.81. The number of hydrogen-bond acceptors (Lipinski definition) is 5. The molecule has 0 saturated carbocycles. The average molecular weight is 289 g/mol. The van der Waals surface area contributed by atoms with Gasteiger partial charge in [0.05, 0.1) is 6.61 Å². The minimum absolute atomic E-state index is 0.0520. The highest BCUT2D eigenvalue weighted by molar-refractivity contribution is 6.68. The van der Waals surface area contributed by atoms with Crippen molar-refractivity contribution in [1.29, 1.82) is 0 Å². The second kappa shape index (κ2) is 4.69. The molecule has 1 aliphatic rings. The first-order valence-electron chi connectivity index (χ1n) is 4.17. The van der Waals surface area contributed by atoms with Gasteiger partial charge in [0.2, 0.25) is 9.55 Å². The van der Waals surface area contributed by atoms with Gasteiger partial charge in [-0.1, -0.05) is 34.8 Å². The van der Waals surface area contributed by atoms with Gasteiger partial charge in [-0.15, -0.1) is 0 Å². The topological polar surface area (TPSA) is 72.8 Å². The van der Waals surface area contributed by atoms with Crippen molar-refractivity contribution < 1.29 is 24.2 Å². The van der Waals surface area contributed by atoms with E-state index in [1.54, 1.807) is 6.92 Å². The molecule has 0 spiro atoms. The minimum atomic E-state index is -2.05. The molecule has 16 heavy (non-hydrogen) atoms. The van der Waals surface area contributed by atoms with Gasteiger partial charge in [-0.3, -0.25) is 0 Å². The number of halogens is 3. The van der Waals surface area contributed by atoms with Crippen LogP contribution < -0.4 is 0 Å². The van der Waals surface area contributed by atoms with E-state index in [1.165, 1.54) is 0 Å². The maximum atomic E-state index is 11.4. The fraction of sp³-hybridized carbons (Fsp3) is 0.500. The van der Waals surface area contributed by atoms with Crippen LogP contribution in [0.5, 0.6) is 0 Å². The Balaban J connectivity index is 3.08. The molecule has 1 unspecified atom stereocenters. The van der Waals surface area contributed by atoms with Crippen LogP contribution in [-0.4, -0.2) is 33.5 Å². The number of aliphatic hydroxyl groups excluding tert-OH is 1. The Bertz CT molecular complexity index is 357. The molecular formula is C8H7Cl3O5. The van der Waals surface area contributed by atoms with E-state index >= 15 is 0 Å². The van der Waals surface area contributed by atoms with Gasteiger partial charge in [0.25, 0.3) is 0 Å². The molecule has 0 radical (unpaired) electrons. The summed E-state index contributed by atoms with van der Waals surface area (Å²) in [6.07, 6.45) is -1.47. The van der Waals surface area contributed by atoms with Crippen LogP contribution in [0.2, 0.25) is 0 Å². The van der Waals surface area contributed by atoms with Gasteiger partial charge < -0.3 is 14.6 Å². The third kappa shape index (κ3) is 2.53. The van der Waals surface area contributed by atoms with E-state index in [1.807, 2.05) is 0 Å². The number of esters is 2. The SMILES string of the molecule is CCOC(=O)C1=C(O)C(=O)OC1C(Cl)(Cl)Cl. The molecule has 0 aromatic rings. The van der Waals surface area contributed by atoms with Gasteiger partial charge in [0, 0.05) is 0 Å². The van der Waals surface area contributed by atoms with Gasteiger partial charge in [-0.2, -0.15) is 0 Å². The van der Waals surface area contributed by atoms with Crippen molar-refractivity contribution in [3.05, 3.63) is 11.3 Å². The highest BCUT2D eigenvalue weighted by Crippen LogP contribution is 2.40. The molecule has 1 aliphatic heterocycles. The first kappa shape index (κ1) is 13.4. The van der Waals surface area contributed by atoms with Gasteiger partial charge >= 0.3 is 11.9 Å². The number of ether oxygens (including phenoxy) is 2. The summed E-state index contributed by atoms with van der Waals surface area (Å²) in [5.74, 6) is -2.98. The molecule has 90 valence electrons. The summed E-state index contributed by atoms with van der Waals surface area (Å²) in [4.78, 5) is 22.4. The molecule has 1 N–H and O–H groups in total. The zero-order chi connectivity index (χ0) is 12.5. The summed E-state index contributed by atoms with van der Waals surface area (Å²) < 4.78 is 7.11. The Morgan fingerprint density at radius 1 is 1.56 bits per heavy atom. The smallest absolute Gasteiger partial charge is 0.374 e. The minimum Gasteiger partial charge on any atom is -0.501 e. The number of alkyl halides is 3. The van der Waals surface area contributed by atoms with Gasteiger partial charge in [-0.05, 0) is 6.92 Å². The summed E-state index contributed by atoms with van der Waals surface area (Å²) in [5.41, 5.74) is -0.480. The Labute approximate surface area is 106 Å². The largest absolute Gasteiger partial charge is 0.501 e. The lowest BCUT2D eigenvalue weighted by molar-refractivity contribution is -0.142. The number of carbonyl (C=O) groups is 2. The molecule has 8 heteroatoms. The normalized spacial score (nSPS) is 21.0. The fourth-order valence-electron chi connectivity index (χ4n) is 1.10. The summed E-state index contributed by atoms with van der Waals surface area (Å²) in [6, 6.07) is 0. The predicted molar refractivity (Wildman–Crippen MR) is 56.5 cm³/mol. The zero-order valence-electron chi connectivity index (χ0n) is 8.00. The number of rotatable bonds is 2. The van der Waals surface area contributed by atoms with Crippen LogP contribution in [0.25, 0.3) is 0 Å². The molecule has 5 nitrogen and oxygen atoms in total. The molecular weight excluding hydrogens is 282 g/mol. The van der Waals surface area contributed by atoms with E-state index in [2.05, 4.69) is 9.47 Å². The lowest BCUT2D eigenvalue weighted by Gasteiger charge is -2.19. The van der Waals surface area contributed by atoms with Crippen LogP contribution in [-0.2, 0) is 19.1 Å². The molecule has 0 aromatic heterocycles. The van der Waals surface area contributed by atoms with E-state index in [4.69, 9.17) is 34.8 Å². The van der Waals surface area contributed by atoms with Crippen molar-refractivity contribution in [3.8, 4) is 0 Å². The summed E-state index contributed by atoms with van der Waals surface area (Å²) >= 11 is 16.5. The zero-order valence-corrected chi connectivity index (χ0v) is 10.3. The van der Waals surface area contributed by atoms with Gasteiger partial charge in [0.1, 0.15) is 5.57 Å². The molecule has 0 saturated heterocycles. The van der Waals surface area contributed by atoms with E-state index in [0.717, 1.165) is 0 Å². The highest BCUT2D eigenvalue weighted by Gasteiger charge is 2.50. The molecule has 0 aromatic carbocycles. The second-order valence-corrected chi connectivity index (χ2v) is 5.18. The Kier molecular flexibility index (Phi) is 3.93. The van der Waals surface area contributed by atoms with E-state index in [-0.39, 0.29) is 6.61 Å². The Hall–Kier alpha value is -0.650. The number of hydrogen-bond donors (Lipinski definition) is 1. The Morgan fingerprint density at radius 2 is 2.12 bits per heavy atom. The van der Waals surface area contributed by atoms with Crippen LogP contribution in [0.15, 0.2) is 11.3 Å². The van der Waals surface area contributed by atoms with E-state index in [0.29, 0.717) is 0 Å². The van der Waals surface area contributed by atoms with Crippen molar-refractivity contribution in [2.75, 3.05) is 6.61 Å². The molecule has 0 bridgehead atoms. The van der Waals surface area contributed by atoms with E-state index in [9.17, 15) is 14.7 Å². The van der Waals surface area contributed by atoms with Crippen molar-refractivity contribution in [1.82, 2.24) is 0 Å². The summed E-state index contributed by atoms with van der Waals surface area (Å²) in [6.45, 7) is 1.61. The maximum absolute atomic E-state index is 11.4. The van der Waals surface area contributed by atoms with Crippen molar-refractivity contribution in [3.63, 3.8) is 0 Å². The number of cyclic esters (lactones) is 1. The van der Waals surface area contributed by atoms with Crippen LogP contribution >= 0.6 is 34.8 Å². The van der Waals surface area contributed by atoms with Crippen LogP contribution in [0.4, 0.5) is 0 Å². The van der Waals surface area contributed by atoms with Crippen molar-refractivity contribution in [2.24, 2.45) is 0 Å². The summed E-state index contributed by atoms with van der Waals surface area (Å²) in [5, 5.41) is 9.32. The Morgan fingerprint density at radius 3 is 2.56 bits per heavy atom. The van der Waals surface area contributed by atoms with Gasteiger partial charge in [0.15, 0.2) is 6.10 Å². The van der Waals surface area contributed by atoms with Crippen molar-refractivity contribution in [2.45, 2.75) is 16.8 Å². The first-order chi connectivity index (χ1) is 7.29. The molecule has 0 amide bonds. The highest BCUT2D eigenvalue weighted by atomic mass is 35.6. The molecule has 0 aliphatic carbocycles. The fourth-order valence-corrected chi connectivity index (χ4v) is 1.56. The van der Waals surface area contributed by atoms with Crippen LogP contribution in [0.3, 0.4) is 0 Å². The molecule has 1 heterocycles. The lowest BCUT2D eigenvalue weighted by Crippen LogP contribution is -2.31. The first-order valence-corrected chi connectivity index (χ1v) is 5.30. The predicted octanol–water partition coefficient (Wildman–Crippen LogP) is 1.66. The molecule has 1 atom stereocenters. The summed E-state index contributed by atoms with van der Waals surface area (Å²) in [7, 11) is 0. The van der Waals surface area contributed by atoms with Crippen LogP contribution in [0, 0.1) is 0 Å². The molecule has 0 fully saturated rings. The number of carbonyl (C=O) groups excluding carboxylic acids is 2. The number of aliphatic hydroxyl groups is 1. The van der Waals surface area contributed by atoms with E-state index < -0.39 is 33.2 Å². The van der Waals surface area contributed by atoms with Gasteiger partial charge in [-0.25, -0.2) is 9.59 Å². The lowest BCUT2D eigenvalue weighted by atomic mass is 10.1.